The van der Waals surface area contributed by atoms with Crippen LogP contribution in [0.1, 0.15) is 71.3 Å². The van der Waals surface area contributed by atoms with Crippen molar-refractivity contribution in [3.63, 3.8) is 0 Å². The van der Waals surface area contributed by atoms with Gasteiger partial charge in [-0.25, -0.2) is 9.07 Å². The predicted molar refractivity (Wildman–Crippen MR) is 120 cm³/mol. The second-order valence-corrected chi connectivity index (χ2v) is 9.64. The number of aromatic nitrogens is 2. The van der Waals surface area contributed by atoms with Gasteiger partial charge in [-0.05, 0) is 65.2 Å². The first-order chi connectivity index (χ1) is 14.0. The van der Waals surface area contributed by atoms with Gasteiger partial charge < -0.3 is 9.80 Å². The van der Waals surface area contributed by atoms with Crippen LogP contribution in [0.4, 0.5) is 15.9 Å². The van der Waals surface area contributed by atoms with Gasteiger partial charge in [0.2, 0.25) is 0 Å². The van der Waals surface area contributed by atoms with Gasteiger partial charge in [0, 0.05) is 30.4 Å². The monoisotopic (exact) mass is 434 g/mol. The molecule has 1 aliphatic heterocycles. The molecule has 0 saturated heterocycles. The number of halogens is 2. The Morgan fingerprint density at radius 2 is 2.00 bits per heavy atom. The van der Waals surface area contributed by atoms with E-state index >= 15 is 0 Å². The number of nitrogens with zero attached hydrogens (tertiary/aromatic N) is 4. The van der Waals surface area contributed by atoms with E-state index in [1.54, 1.807) is 12.1 Å². The fraction of sp³-hybridized carbons (Fsp3) is 0.565. The molecule has 0 aliphatic carbocycles. The molecule has 164 valence electrons. The molecule has 1 aliphatic rings. The highest BCUT2D eigenvalue weighted by molar-refractivity contribution is 6.30. The summed E-state index contributed by atoms with van der Waals surface area (Å²) in [7, 11) is 0. The van der Waals surface area contributed by atoms with Gasteiger partial charge >= 0.3 is 0 Å². The van der Waals surface area contributed by atoms with Crippen LogP contribution in [-0.2, 0) is 5.54 Å². The van der Waals surface area contributed by atoms with Crippen LogP contribution >= 0.6 is 11.6 Å². The van der Waals surface area contributed by atoms with Gasteiger partial charge in [0.1, 0.15) is 11.6 Å². The van der Waals surface area contributed by atoms with E-state index in [1.165, 1.54) is 6.07 Å². The minimum absolute atomic E-state index is 0.0661. The smallest absolute Gasteiger partial charge is 0.274 e. The first kappa shape index (κ1) is 22.6. The predicted octanol–water partition coefficient (Wildman–Crippen LogP) is 5.99. The van der Waals surface area contributed by atoms with E-state index in [0.717, 1.165) is 25.1 Å². The van der Waals surface area contributed by atoms with Gasteiger partial charge in [0.25, 0.3) is 5.91 Å². The summed E-state index contributed by atoms with van der Waals surface area (Å²) in [5.41, 5.74) is 0.623. The van der Waals surface area contributed by atoms with Crippen molar-refractivity contribution in [2.45, 2.75) is 71.9 Å². The first-order valence-corrected chi connectivity index (χ1v) is 11.0. The lowest BCUT2D eigenvalue weighted by Crippen LogP contribution is -2.48. The third kappa shape index (κ3) is 4.07. The summed E-state index contributed by atoms with van der Waals surface area (Å²) in [5, 5.41) is 4.83. The Morgan fingerprint density at radius 1 is 1.30 bits per heavy atom. The number of carbonyl (C=O) groups is 1. The van der Waals surface area contributed by atoms with Gasteiger partial charge in [0.05, 0.1) is 10.6 Å². The molecule has 7 heteroatoms. The molecule has 0 spiro atoms. The number of rotatable bonds is 6. The van der Waals surface area contributed by atoms with Crippen LogP contribution in [0.3, 0.4) is 0 Å². The van der Waals surface area contributed by atoms with Crippen molar-refractivity contribution in [3.05, 3.63) is 40.8 Å². The molecular weight excluding hydrogens is 403 g/mol. The zero-order valence-electron chi connectivity index (χ0n) is 18.8. The summed E-state index contributed by atoms with van der Waals surface area (Å²) in [5.74, 6) is 0.269. The molecule has 0 bridgehead atoms. The fourth-order valence-corrected chi connectivity index (χ4v) is 3.98. The maximum atomic E-state index is 14.1. The highest BCUT2D eigenvalue weighted by Crippen LogP contribution is 2.38. The molecule has 3 rings (SSSR count). The molecule has 30 heavy (non-hydrogen) atoms. The Kier molecular flexibility index (Phi) is 6.19. The normalized spacial score (nSPS) is 15.8. The zero-order chi connectivity index (χ0) is 22.3. The number of fused-ring (bicyclic) bond motifs is 1. The first-order valence-electron chi connectivity index (χ1n) is 10.7. The Bertz CT molecular complexity index is 937. The standard InChI is InChI=1S/C23H32ClFN4O/c1-7-12-28(22(3,4)8-2)21(30)19-15-20-27(13-11-23(5,6)29(20)26-19)16-9-10-17(24)18(25)14-16/h9-10,14-15H,7-8,11-13H2,1-6H3. The summed E-state index contributed by atoms with van der Waals surface area (Å²) in [6.45, 7) is 13.9. The topological polar surface area (TPSA) is 41.4 Å². The van der Waals surface area contributed by atoms with E-state index in [0.29, 0.717) is 24.5 Å². The van der Waals surface area contributed by atoms with Crippen LogP contribution in [0.25, 0.3) is 0 Å². The number of anilines is 2. The number of hydrogen-bond acceptors (Lipinski definition) is 3. The second kappa shape index (κ2) is 8.22. The van der Waals surface area contributed by atoms with E-state index in [1.807, 2.05) is 20.5 Å². The average Bonchev–Trinajstić information content (AvgIpc) is 3.15. The van der Waals surface area contributed by atoms with Gasteiger partial charge in [-0.3, -0.25) is 4.79 Å². The minimum Gasteiger partial charge on any atom is -0.332 e. The highest BCUT2D eigenvalue weighted by atomic mass is 35.5. The number of benzene rings is 1. The van der Waals surface area contributed by atoms with Gasteiger partial charge in [0.15, 0.2) is 5.69 Å². The molecule has 1 aromatic heterocycles. The van der Waals surface area contributed by atoms with Crippen LogP contribution in [0.15, 0.2) is 24.3 Å². The van der Waals surface area contributed by atoms with Crippen molar-refractivity contribution >= 4 is 29.0 Å². The lowest BCUT2D eigenvalue weighted by atomic mass is 9.98. The van der Waals surface area contributed by atoms with Crippen LogP contribution in [0.2, 0.25) is 5.02 Å². The lowest BCUT2D eigenvalue weighted by Gasteiger charge is -2.39. The maximum Gasteiger partial charge on any atom is 0.274 e. The van der Waals surface area contributed by atoms with Crippen molar-refractivity contribution in [1.29, 1.82) is 0 Å². The molecule has 0 unspecified atom stereocenters. The lowest BCUT2D eigenvalue weighted by molar-refractivity contribution is 0.0531. The number of hydrogen-bond donors (Lipinski definition) is 0. The average molecular weight is 435 g/mol. The molecule has 0 atom stereocenters. The van der Waals surface area contributed by atoms with Gasteiger partial charge in [-0.15, -0.1) is 0 Å². The van der Waals surface area contributed by atoms with Crippen LogP contribution < -0.4 is 4.90 Å². The van der Waals surface area contributed by atoms with E-state index in [-0.39, 0.29) is 22.0 Å². The molecule has 5 nitrogen and oxygen atoms in total. The summed E-state index contributed by atoms with van der Waals surface area (Å²) < 4.78 is 16.0. The van der Waals surface area contributed by atoms with E-state index in [4.69, 9.17) is 16.7 Å². The number of carbonyl (C=O) groups excluding carboxylic acids is 1. The van der Waals surface area contributed by atoms with E-state index in [2.05, 4.69) is 41.5 Å². The van der Waals surface area contributed by atoms with Crippen LogP contribution in [-0.4, -0.2) is 39.2 Å². The maximum absolute atomic E-state index is 14.1. The molecule has 1 aromatic carbocycles. The molecule has 0 saturated carbocycles. The van der Waals surface area contributed by atoms with Crippen LogP contribution in [0.5, 0.6) is 0 Å². The van der Waals surface area contributed by atoms with Crippen molar-refractivity contribution in [3.8, 4) is 0 Å². The van der Waals surface area contributed by atoms with Crippen molar-refractivity contribution in [2.24, 2.45) is 0 Å². The molecule has 2 aromatic rings. The Labute approximate surface area is 183 Å². The molecule has 0 radical (unpaired) electrons. The van der Waals surface area contributed by atoms with Gasteiger partial charge in [-0.1, -0.05) is 25.4 Å². The SMILES string of the molecule is CCCN(C(=O)c1cc2n(n1)C(C)(C)CCN2c1ccc(Cl)c(F)c1)C(C)(C)CC. The third-order valence-electron chi connectivity index (χ3n) is 6.21. The Morgan fingerprint density at radius 3 is 2.60 bits per heavy atom. The summed E-state index contributed by atoms with van der Waals surface area (Å²) in [4.78, 5) is 17.4. The largest absolute Gasteiger partial charge is 0.332 e. The van der Waals surface area contributed by atoms with E-state index in [9.17, 15) is 9.18 Å². The quantitative estimate of drug-likeness (QED) is 0.560. The Hall–Kier alpha value is -2.08. The van der Waals surface area contributed by atoms with Gasteiger partial charge in [-0.2, -0.15) is 5.10 Å². The van der Waals surface area contributed by atoms with Crippen molar-refractivity contribution < 1.29 is 9.18 Å². The molecule has 2 heterocycles. The van der Waals surface area contributed by atoms with Crippen molar-refractivity contribution in [2.75, 3.05) is 18.0 Å². The third-order valence-corrected chi connectivity index (χ3v) is 6.52. The van der Waals surface area contributed by atoms with E-state index < -0.39 is 5.82 Å². The zero-order valence-corrected chi connectivity index (χ0v) is 19.6. The molecule has 0 N–H and O–H groups in total. The summed E-state index contributed by atoms with van der Waals surface area (Å²) in [6.07, 6.45) is 2.55. The van der Waals surface area contributed by atoms with Crippen molar-refractivity contribution in [1.82, 2.24) is 14.7 Å². The molecular formula is C23H32ClFN4O. The Balaban J connectivity index is 2.05. The van der Waals surface area contributed by atoms with Crippen LogP contribution in [0, 0.1) is 5.82 Å². The summed E-state index contributed by atoms with van der Waals surface area (Å²) in [6, 6.07) is 6.63. The fourth-order valence-electron chi connectivity index (χ4n) is 3.87. The highest BCUT2D eigenvalue weighted by Gasteiger charge is 2.37. The summed E-state index contributed by atoms with van der Waals surface area (Å²) >= 11 is 5.87. The minimum atomic E-state index is -0.458. The molecule has 0 fully saturated rings. The molecule has 1 amide bonds. The second-order valence-electron chi connectivity index (χ2n) is 9.23. The number of amides is 1.